The molecule has 2 aromatic rings. The summed E-state index contributed by atoms with van der Waals surface area (Å²) in [6.07, 6.45) is 4.44. The number of hydrogen-bond donors (Lipinski definition) is 3. The molecule has 2 atom stereocenters. The van der Waals surface area contributed by atoms with Gasteiger partial charge in [0.05, 0.1) is 11.6 Å². The largest absolute Gasteiger partial charge is 0.399 e. The van der Waals surface area contributed by atoms with Crippen LogP contribution >= 0.6 is 0 Å². The van der Waals surface area contributed by atoms with Crippen LogP contribution in [0.3, 0.4) is 0 Å². The topological polar surface area (TPSA) is 84.1 Å². The van der Waals surface area contributed by atoms with E-state index in [1.54, 1.807) is 6.33 Å². The van der Waals surface area contributed by atoms with Crippen molar-refractivity contribution in [3.63, 3.8) is 0 Å². The number of anilines is 2. The summed E-state index contributed by atoms with van der Waals surface area (Å²) in [7, 11) is 0. The number of aromatic nitrogens is 2. The Morgan fingerprint density at radius 3 is 3.00 bits per heavy atom. The Bertz CT molecular complexity index is 587. The Kier molecular flexibility index (Phi) is 3.21. The van der Waals surface area contributed by atoms with Crippen LogP contribution in [-0.2, 0) is 0 Å². The molecule has 1 aromatic heterocycles. The van der Waals surface area contributed by atoms with Crippen molar-refractivity contribution in [2.45, 2.75) is 25.4 Å². The standard InChI is InChI=1S/C14H18N4O/c15-10-4-5-12-11(6-10)14(18-8-17-12)16-7-9-2-1-3-13(9)19/h4-6,8-9,13,19H,1-3,7,15H2,(H,16,17,18). The predicted octanol–water partition coefficient (Wildman–Crippen LogP) is 1.78. The van der Waals surface area contributed by atoms with E-state index < -0.39 is 0 Å². The highest BCUT2D eigenvalue weighted by atomic mass is 16.3. The first-order valence-corrected chi connectivity index (χ1v) is 6.66. The van der Waals surface area contributed by atoms with Gasteiger partial charge in [-0.15, -0.1) is 0 Å². The van der Waals surface area contributed by atoms with Crippen LogP contribution in [-0.4, -0.2) is 27.7 Å². The van der Waals surface area contributed by atoms with Gasteiger partial charge >= 0.3 is 0 Å². The molecule has 1 heterocycles. The van der Waals surface area contributed by atoms with Crippen LogP contribution in [0.5, 0.6) is 0 Å². The van der Waals surface area contributed by atoms with Crippen LogP contribution in [0.15, 0.2) is 24.5 Å². The van der Waals surface area contributed by atoms with Crippen molar-refractivity contribution < 1.29 is 5.11 Å². The van der Waals surface area contributed by atoms with Crippen molar-refractivity contribution in [3.05, 3.63) is 24.5 Å². The molecule has 2 unspecified atom stereocenters. The number of aliphatic hydroxyl groups is 1. The van der Waals surface area contributed by atoms with Gasteiger partial charge in [-0.1, -0.05) is 6.42 Å². The number of benzene rings is 1. The van der Waals surface area contributed by atoms with E-state index in [2.05, 4.69) is 15.3 Å². The third-order valence-electron chi connectivity index (χ3n) is 3.81. The number of nitrogens with zero attached hydrogens (tertiary/aromatic N) is 2. The molecule has 5 heteroatoms. The summed E-state index contributed by atoms with van der Waals surface area (Å²) in [6.45, 7) is 0.738. The van der Waals surface area contributed by atoms with E-state index in [1.165, 1.54) is 0 Å². The first kappa shape index (κ1) is 12.2. The molecule has 0 radical (unpaired) electrons. The molecule has 0 amide bonds. The van der Waals surface area contributed by atoms with Gasteiger partial charge in [-0.2, -0.15) is 0 Å². The van der Waals surface area contributed by atoms with Crippen LogP contribution in [0, 0.1) is 5.92 Å². The molecule has 1 aromatic carbocycles. The van der Waals surface area contributed by atoms with Gasteiger partial charge in [0.1, 0.15) is 12.1 Å². The van der Waals surface area contributed by atoms with Crippen LogP contribution in [0.25, 0.3) is 10.9 Å². The highest BCUT2D eigenvalue weighted by molar-refractivity contribution is 5.91. The van der Waals surface area contributed by atoms with Gasteiger partial charge in [0.25, 0.3) is 0 Å². The van der Waals surface area contributed by atoms with Crippen LogP contribution in [0.2, 0.25) is 0 Å². The van der Waals surface area contributed by atoms with E-state index in [4.69, 9.17) is 5.73 Å². The molecule has 100 valence electrons. The average molecular weight is 258 g/mol. The summed E-state index contributed by atoms with van der Waals surface area (Å²) in [5, 5.41) is 14.1. The zero-order valence-electron chi connectivity index (χ0n) is 10.7. The zero-order valence-corrected chi connectivity index (χ0v) is 10.7. The third-order valence-corrected chi connectivity index (χ3v) is 3.81. The van der Waals surface area contributed by atoms with Gasteiger partial charge in [-0.25, -0.2) is 9.97 Å². The number of fused-ring (bicyclic) bond motifs is 1. The summed E-state index contributed by atoms with van der Waals surface area (Å²) < 4.78 is 0. The fourth-order valence-corrected chi connectivity index (χ4v) is 2.70. The zero-order chi connectivity index (χ0) is 13.2. The number of hydrogen-bond acceptors (Lipinski definition) is 5. The number of nitrogens with two attached hydrogens (primary N) is 1. The van der Waals surface area contributed by atoms with Crippen molar-refractivity contribution in [3.8, 4) is 0 Å². The minimum absolute atomic E-state index is 0.189. The van der Waals surface area contributed by atoms with Gasteiger partial charge in [-0.3, -0.25) is 0 Å². The lowest BCUT2D eigenvalue weighted by atomic mass is 10.1. The fraction of sp³-hybridized carbons (Fsp3) is 0.429. The van der Waals surface area contributed by atoms with Crippen molar-refractivity contribution >= 4 is 22.4 Å². The summed E-state index contributed by atoms with van der Waals surface area (Å²) in [6, 6.07) is 5.60. The Morgan fingerprint density at radius 2 is 2.21 bits per heavy atom. The van der Waals surface area contributed by atoms with E-state index in [0.717, 1.165) is 42.5 Å². The number of nitrogen functional groups attached to an aromatic ring is 1. The summed E-state index contributed by atoms with van der Waals surface area (Å²) in [4.78, 5) is 8.50. The van der Waals surface area contributed by atoms with Crippen LogP contribution < -0.4 is 11.1 Å². The Hall–Kier alpha value is -1.88. The van der Waals surface area contributed by atoms with Gasteiger partial charge in [0, 0.05) is 23.5 Å². The van der Waals surface area contributed by atoms with Crippen molar-refractivity contribution in [1.29, 1.82) is 0 Å². The minimum atomic E-state index is -0.189. The molecule has 1 aliphatic rings. The highest BCUT2D eigenvalue weighted by Gasteiger charge is 2.24. The summed E-state index contributed by atoms with van der Waals surface area (Å²) >= 11 is 0. The van der Waals surface area contributed by atoms with Gasteiger partial charge < -0.3 is 16.2 Å². The van der Waals surface area contributed by atoms with Crippen molar-refractivity contribution in [1.82, 2.24) is 9.97 Å². The molecule has 0 aliphatic heterocycles. The predicted molar refractivity (Wildman–Crippen MR) is 75.8 cm³/mol. The summed E-state index contributed by atoms with van der Waals surface area (Å²) in [5.74, 6) is 1.10. The average Bonchev–Trinajstić information content (AvgIpc) is 2.82. The molecule has 1 fully saturated rings. The van der Waals surface area contributed by atoms with Crippen LogP contribution in [0.4, 0.5) is 11.5 Å². The molecule has 19 heavy (non-hydrogen) atoms. The smallest absolute Gasteiger partial charge is 0.137 e. The lowest BCUT2D eigenvalue weighted by Crippen LogP contribution is -2.22. The maximum absolute atomic E-state index is 9.83. The van der Waals surface area contributed by atoms with Gasteiger partial charge in [-0.05, 0) is 31.0 Å². The Labute approximate surface area is 111 Å². The van der Waals surface area contributed by atoms with E-state index >= 15 is 0 Å². The normalized spacial score (nSPS) is 22.8. The van der Waals surface area contributed by atoms with Crippen molar-refractivity contribution in [2.75, 3.05) is 17.6 Å². The highest BCUT2D eigenvalue weighted by Crippen LogP contribution is 2.27. The molecule has 0 bridgehead atoms. The SMILES string of the molecule is Nc1ccc2ncnc(NCC3CCCC3O)c2c1. The molecule has 0 spiro atoms. The van der Waals surface area contributed by atoms with E-state index in [1.807, 2.05) is 18.2 Å². The van der Waals surface area contributed by atoms with E-state index in [0.29, 0.717) is 11.6 Å². The molecular formula is C14H18N4O. The van der Waals surface area contributed by atoms with Gasteiger partial charge in [0.2, 0.25) is 0 Å². The first-order chi connectivity index (χ1) is 9.24. The Morgan fingerprint density at radius 1 is 1.32 bits per heavy atom. The number of aliphatic hydroxyl groups excluding tert-OH is 1. The Balaban J connectivity index is 1.82. The quantitative estimate of drug-likeness (QED) is 0.731. The van der Waals surface area contributed by atoms with E-state index in [9.17, 15) is 5.11 Å². The maximum atomic E-state index is 9.83. The third kappa shape index (κ3) is 2.46. The molecule has 1 aliphatic carbocycles. The molecule has 4 N–H and O–H groups in total. The lowest BCUT2D eigenvalue weighted by Gasteiger charge is -2.16. The first-order valence-electron chi connectivity index (χ1n) is 6.66. The monoisotopic (exact) mass is 258 g/mol. The van der Waals surface area contributed by atoms with Crippen LogP contribution in [0.1, 0.15) is 19.3 Å². The molecule has 3 rings (SSSR count). The molecular weight excluding hydrogens is 240 g/mol. The minimum Gasteiger partial charge on any atom is -0.399 e. The molecule has 0 saturated heterocycles. The number of nitrogens with one attached hydrogen (secondary N) is 1. The second kappa shape index (κ2) is 5.01. The second-order valence-electron chi connectivity index (χ2n) is 5.14. The molecule has 1 saturated carbocycles. The summed E-state index contributed by atoms with van der Waals surface area (Å²) in [5.41, 5.74) is 7.38. The fourth-order valence-electron chi connectivity index (χ4n) is 2.70. The van der Waals surface area contributed by atoms with Gasteiger partial charge in [0.15, 0.2) is 0 Å². The molecule has 5 nitrogen and oxygen atoms in total. The maximum Gasteiger partial charge on any atom is 0.137 e. The lowest BCUT2D eigenvalue weighted by molar-refractivity contribution is 0.138. The number of rotatable bonds is 3. The van der Waals surface area contributed by atoms with E-state index in [-0.39, 0.29) is 6.10 Å². The van der Waals surface area contributed by atoms with Crippen molar-refractivity contribution in [2.24, 2.45) is 5.92 Å². The second-order valence-corrected chi connectivity index (χ2v) is 5.14.